The predicted octanol–water partition coefficient (Wildman–Crippen LogP) is -0.769. The van der Waals surface area contributed by atoms with E-state index in [0.717, 1.165) is 0 Å². The first-order valence-electron chi connectivity index (χ1n) is 0. The number of rotatable bonds is 0. The molecule has 0 N–H and O–H groups in total. The number of hydrogen-bond acceptors (Lipinski definition) is 0. The van der Waals surface area contributed by atoms with Crippen molar-refractivity contribution in [1.29, 1.82) is 0 Å². The van der Waals surface area contributed by atoms with Crippen LogP contribution in [0, 0.1) is 0 Å². The van der Waals surface area contributed by atoms with E-state index >= 15 is 0 Å². The second-order valence-corrected chi connectivity index (χ2v) is 0. The maximum atomic E-state index is 0. The molecule has 0 amide bonds. The number of hydrogen-bond donors (Lipinski definition) is 0. The van der Waals surface area contributed by atoms with Gasteiger partial charge >= 0.3 is 52.4 Å². The monoisotopic (exact) mass is 514 g/mol. The summed E-state index contributed by atoms with van der Waals surface area (Å²) in [4.78, 5) is 0. The minimum Gasteiger partial charge on any atom is -2.00 e. The molecule has 28 valence electrons. The van der Waals surface area contributed by atoms with Crippen molar-refractivity contribution in [3.8, 4) is 0 Å². The fourth-order valence-electron chi connectivity index (χ4n) is 0. The molecule has 0 heterocycles. The zero-order valence-electron chi connectivity index (χ0n) is 2.12. The van der Waals surface area contributed by atoms with Gasteiger partial charge in [0.2, 0.25) is 0 Å². The van der Waals surface area contributed by atoms with Gasteiger partial charge in [0.1, 0.15) is 0 Å². The molecule has 0 fully saturated rings. The van der Waals surface area contributed by atoms with Gasteiger partial charge in [0, 0.05) is 0 Å². The molecule has 0 bridgehead atoms. The first-order chi connectivity index (χ1) is 0. The molecule has 0 atom stereocenters. The van der Waals surface area contributed by atoms with Gasteiger partial charge in [-0.3, -0.25) is 0 Å². The van der Waals surface area contributed by atoms with E-state index in [1.165, 1.54) is 0 Å². The molecule has 0 aliphatic rings. The van der Waals surface area contributed by atoms with Crippen molar-refractivity contribution in [2.24, 2.45) is 0 Å². The van der Waals surface area contributed by atoms with Gasteiger partial charge in [-0.25, -0.2) is 0 Å². The van der Waals surface area contributed by atoms with Crippen LogP contribution in [0.2, 0.25) is 0 Å². The summed E-state index contributed by atoms with van der Waals surface area (Å²) in [6, 6.07) is 0. The SMILES string of the molecule is [Bi+3].[Bi+3].[S-2].[S-2].[S-2]. The van der Waals surface area contributed by atoms with Crippen LogP contribution >= 0.6 is 0 Å². The third-order valence-electron chi connectivity index (χ3n) is 0. The summed E-state index contributed by atoms with van der Waals surface area (Å²) in [5, 5.41) is 0. The Morgan fingerprint density at radius 1 is 0.400 bits per heavy atom. The summed E-state index contributed by atoms with van der Waals surface area (Å²) in [5.41, 5.74) is 0. The molecule has 0 aliphatic carbocycles. The van der Waals surface area contributed by atoms with Crippen molar-refractivity contribution in [2.45, 2.75) is 0 Å². The molecule has 0 saturated carbocycles. The van der Waals surface area contributed by atoms with Crippen LogP contribution in [0.1, 0.15) is 0 Å². The summed E-state index contributed by atoms with van der Waals surface area (Å²) in [7, 11) is 0. The van der Waals surface area contributed by atoms with Crippen LogP contribution in [0.15, 0.2) is 0 Å². The largest absolute Gasteiger partial charge is 3.00 e. The second kappa shape index (κ2) is 29.1. The maximum absolute atomic E-state index is 0. The van der Waals surface area contributed by atoms with Crippen LogP contribution in [0.25, 0.3) is 0 Å². The van der Waals surface area contributed by atoms with Crippen molar-refractivity contribution in [3.63, 3.8) is 0 Å². The summed E-state index contributed by atoms with van der Waals surface area (Å²) in [6.45, 7) is 0. The quantitative estimate of drug-likeness (QED) is 0.373. The zero-order valence-corrected chi connectivity index (χ0v) is 11.5. The van der Waals surface area contributed by atoms with Gasteiger partial charge < -0.3 is 40.5 Å². The van der Waals surface area contributed by atoms with E-state index in [1.807, 2.05) is 0 Å². The van der Waals surface area contributed by atoms with E-state index in [0.29, 0.717) is 0 Å². The van der Waals surface area contributed by atoms with Crippen molar-refractivity contribution in [2.75, 3.05) is 0 Å². The van der Waals surface area contributed by atoms with Gasteiger partial charge in [-0.2, -0.15) is 0 Å². The van der Waals surface area contributed by atoms with Gasteiger partial charge in [0.25, 0.3) is 0 Å². The Hall–Kier alpha value is 2.82. The first kappa shape index (κ1) is 45.8. The Morgan fingerprint density at radius 2 is 0.400 bits per heavy atom. The molecule has 0 aromatic carbocycles. The van der Waals surface area contributed by atoms with E-state index in [9.17, 15) is 0 Å². The van der Waals surface area contributed by atoms with Crippen LogP contribution in [-0.2, 0) is 40.5 Å². The van der Waals surface area contributed by atoms with Gasteiger partial charge in [0.15, 0.2) is 0 Å². The Kier molecular flexibility index (Phi) is 266. The Morgan fingerprint density at radius 3 is 0.400 bits per heavy atom. The minimum atomic E-state index is 0. The predicted molar refractivity (Wildman–Crippen MR) is 33.6 cm³/mol. The molecule has 0 spiro atoms. The molecule has 0 aromatic heterocycles. The van der Waals surface area contributed by atoms with Crippen molar-refractivity contribution < 1.29 is 0 Å². The van der Waals surface area contributed by atoms with Crippen LogP contribution in [0.4, 0.5) is 0 Å². The van der Waals surface area contributed by atoms with E-state index in [-0.39, 0.29) is 92.9 Å². The van der Waals surface area contributed by atoms with Crippen LogP contribution < -0.4 is 0 Å². The molecule has 5 heteroatoms. The molecule has 0 aromatic rings. The molecular formula is Bi2S3. The standard InChI is InChI=1S/2Bi.3S/q2*+3;3*-2. The van der Waals surface area contributed by atoms with Crippen LogP contribution in [0.5, 0.6) is 0 Å². The third kappa shape index (κ3) is 19.9. The zero-order chi connectivity index (χ0) is 0. The average Bonchev–Trinajstić information content (AvgIpc) is 0. The molecular weight excluding hydrogens is 514 g/mol. The van der Waals surface area contributed by atoms with E-state index in [2.05, 4.69) is 0 Å². The first-order valence-corrected chi connectivity index (χ1v) is 0. The van der Waals surface area contributed by atoms with E-state index < -0.39 is 0 Å². The Labute approximate surface area is 91.4 Å². The molecule has 4 radical (unpaired) electrons. The molecule has 0 aliphatic heterocycles. The Balaban J connectivity index is 0. The van der Waals surface area contributed by atoms with Crippen molar-refractivity contribution in [3.05, 3.63) is 0 Å². The van der Waals surface area contributed by atoms with Crippen LogP contribution in [0.3, 0.4) is 0 Å². The molecule has 0 unspecified atom stereocenters. The van der Waals surface area contributed by atoms with Gasteiger partial charge in [-0.05, 0) is 0 Å². The summed E-state index contributed by atoms with van der Waals surface area (Å²) in [5.74, 6) is 0. The second-order valence-electron chi connectivity index (χ2n) is 0. The van der Waals surface area contributed by atoms with Crippen LogP contribution in [-0.4, -0.2) is 52.4 Å². The molecule has 0 rings (SSSR count). The van der Waals surface area contributed by atoms with Gasteiger partial charge in [-0.15, -0.1) is 0 Å². The fraction of sp³-hybridized carbons (Fsp3) is 0. The van der Waals surface area contributed by atoms with Crippen molar-refractivity contribution >= 4 is 92.9 Å². The topological polar surface area (TPSA) is 0 Å². The Bertz CT molecular complexity index is 4.85. The van der Waals surface area contributed by atoms with Gasteiger partial charge in [0.05, 0.1) is 0 Å². The average molecular weight is 514 g/mol. The fourth-order valence-corrected chi connectivity index (χ4v) is 0. The molecule has 0 saturated heterocycles. The normalized spacial score (nSPS) is 0. The molecule has 5 heavy (non-hydrogen) atoms. The minimum absolute atomic E-state index is 0. The van der Waals surface area contributed by atoms with E-state index in [1.54, 1.807) is 0 Å². The maximum Gasteiger partial charge on any atom is 3.00 e. The third-order valence-corrected chi connectivity index (χ3v) is 0. The molecule has 0 nitrogen and oxygen atoms in total. The van der Waals surface area contributed by atoms with E-state index in [4.69, 9.17) is 0 Å². The summed E-state index contributed by atoms with van der Waals surface area (Å²) in [6.07, 6.45) is 0. The summed E-state index contributed by atoms with van der Waals surface area (Å²) >= 11 is 0. The summed E-state index contributed by atoms with van der Waals surface area (Å²) < 4.78 is 0. The van der Waals surface area contributed by atoms with Gasteiger partial charge in [-0.1, -0.05) is 0 Å². The smallest absolute Gasteiger partial charge is 2.00 e. The van der Waals surface area contributed by atoms with Crippen molar-refractivity contribution in [1.82, 2.24) is 0 Å².